The summed E-state index contributed by atoms with van der Waals surface area (Å²) in [7, 11) is 0. The molecule has 0 unspecified atom stereocenters. The molecule has 1 aliphatic carbocycles. The molecule has 3 rings (SSSR count). The van der Waals surface area contributed by atoms with E-state index in [-0.39, 0.29) is 0 Å². The lowest BCUT2D eigenvalue weighted by atomic mass is 9.81. The lowest BCUT2D eigenvalue weighted by Crippen LogP contribution is -2.36. The molecule has 1 heterocycles. The second kappa shape index (κ2) is 6.06. The van der Waals surface area contributed by atoms with E-state index in [1.807, 2.05) is 0 Å². The number of nitrogens with zero attached hydrogens (tertiary/aromatic N) is 1. The van der Waals surface area contributed by atoms with Crippen LogP contribution in [0.4, 0.5) is 0 Å². The quantitative estimate of drug-likeness (QED) is 0.903. The molecular formula is C17H26N2. The molecule has 2 heteroatoms. The van der Waals surface area contributed by atoms with Gasteiger partial charge < -0.3 is 5.73 Å². The Labute approximate surface area is 117 Å². The molecule has 0 saturated heterocycles. The van der Waals surface area contributed by atoms with Crippen LogP contribution in [0.5, 0.6) is 0 Å². The average Bonchev–Trinajstić information content (AvgIpc) is 2.48. The normalized spacial score (nSPS) is 28.1. The van der Waals surface area contributed by atoms with Gasteiger partial charge in [-0.25, -0.2) is 0 Å². The molecule has 2 N–H and O–H groups in total. The Morgan fingerprint density at radius 3 is 2.42 bits per heavy atom. The minimum Gasteiger partial charge on any atom is -0.330 e. The first kappa shape index (κ1) is 13.1. The Balaban J connectivity index is 1.52. The third-order valence-electron chi connectivity index (χ3n) is 5.03. The van der Waals surface area contributed by atoms with Crippen LogP contribution in [-0.2, 0) is 13.0 Å². The molecular weight excluding hydrogens is 232 g/mol. The van der Waals surface area contributed by atoms with Crippen LogP contribution >= 0.6 is 0 Å². The Bertz CT molecular complexity index is 407. The minimum absolute atomic E-state index is 0.804. The summed E-state index contributed by atoms with van der Waals surface area (Å²) in [5, 5.41) is 0. The van der Waals surface area contributed by atoms with E-state index in [4.69, 9.17) is 5.73 Å². The highest BCUT2D eigenvalue weighted by Gasteiger charge is 2.23. The number of fused-ring (bicyclic) bond motifs is 1. The lowest BCUT2D eigenvalue weighted by Gasteiger charge is -2.35. The maximum absolute atomic E-state index is 5.78. The van der Waals surface area contributed by atoms with E-state index >= 15 is 0 Å². The first-order valence-corrected chi connectivity index (χ1v) is 7.84. The predicted octanol–water partition coefficient (Wildman–Crippen LogP) is 2.81. The van der Waals surface area contributed by atoms with Gasteiger partial charge in [-0.15, -0.1) is 0 Å². The Kier molecular flexibility index (Phi) is 4.19. The van der Waals surface area contributed by atoms with E-state index in [0.717, 1.165) is 24.9 Å². The van der Waals surface area contributed by atoms with Crippen molar-refractivity contribution in [1.82, 2.24) is 4.90 Å². The summed E-state index contributed by atoms with van der Waals surface area (Å²) >= 11 is 0. The van der Waals surface area contributed by atoms with Crippen LogP contribution in [0, 0.1) is 11.8 Å². The molecule has 0 radical (unpaired) electrons. The van der Waals surface area contributed by atoms with E-state index in [9.17, 15) is 0 Å². The highest BCUT2D eigenvalue weighted by molar-refractivity contribution is 5.29. The van der Waals surface area contributed by atoms with E-state index in [1.54, 1.807) is 11.1 Å². The summed E-state index contributed by atoms with van der Waals surface area (Å²) in [6.07, 6.45) is 6.71. The summed E-state index contributed by atoms with van der Waals surface area (Å²) in [6, 6.07) is 8.93. The average molecular weight is 258 g/mol. The van der Waals surface area contributed by atoms with E-state index in [1.165, 1.54) is 45.2 Å². The van der Waals surface area contributed by atoms with Crippen LogP contribution in [0.15, 0.2) is 24.3 Å². The zero-order valence-electron chi connectivity index (χ0n) is 11.9. The molecule has 1 saturated carbocycles. The first-order chi connectivity index (χ1) is 9.35. The van der Waals surface area contributed by atoms with Crippen molar-refractivity contribution in [1.29, 1.82) is 0 Å². The molecule has 0 spiro atoms. The predicted molar refractivity (Wildman–Crippen MR) is 79.9 cm³/mol. The molecule has 104 valence electrons. The summed E-state index contributed by atoms with van der Waals surface area (Å²) in [5.74, 6) is 1.71. The van der Waals surface area contributed by atoms with Crippen LogP contribution in [-0.4, -0.2) is 24.5 Å². The third-order valence-corrected chi connectivity index (χ3v) is 5.03. The molecule has 19 heavy (non-hydrogen) atoms. The summed E-state index contributed by atoms with van der Waals surface area (Å²) < 4.78 is 0. The first-order valence-electron chi connectivity index (χ1n) is 7.84. The van der Waals surface area contributed by atoms with Crippen molar-refractivity contribution in [2.45, 2.75) is 38.6 Å². The fourth-order valence-corrected chi connectivity index (χ4v) is 3.72. The zero-order valence-corrected chi connectivity index (χ0v) is 11.9. The zero-order chi connectivity index (χ0) is 13.1. The molecule has 0 amide bonds. The van der Waals surface area contributed by atoms with Gasteiger partial charge in [-0.05, 0) is 61.6 Å². The van der Waals surface area contributed by atoms with Crippen molar-refractivity contribution >= 4 is 0 Å². The number of hydrogen-bond acceptors (Lipinski definition) is 2. The summed E-state index contributed by atoms with van der Waals surface area (Å²) in [4.78, 5) is 2.66. The highest BCUT2D eigenvalue weighted by Crippen LogP contribution is 2.30. The van der Waals surface area contributed by atoms with E-state index < -0.39 is 0 Å². The van der Waals surface area contributed by atoms with Crippen LogP contribution in [0.2, 0.25) is 0 Å². The van der Waals surface area contributed by atoms with Gasteiger partial charge in [0, 0.05) is 19.6 Å². The molecule has 0 aromatic heterocycles. The molecule has 0 atom stereocenters. The Morgan fingerprint density at radius 1 is 1.00 bits per heavy atom. The lowest BCUT2D eigenvalue weighted by molar-refractivity contribution is 0.170. The SMILES string of the molecule is NCC1CCC(CN2CCc3ccccc3C2)CC1. The largest absolute Gasteiger partial charge is 0.330 e. The second-order valence-corrected chi connectivity index (χ2v) is 6.38. The van der Waals surface area contributed by atoms with Crippen LogP contribution in [0.1, 0.15) is 36.8 Å². The fraction of sp³-hybridized carbons (Fsp3) is 0.647. The molecule has 1 aromatic carbocycles. The Morgan fingerprint density at radius 2 is 1.68 bits per heavy atom. The number of hydrogen-bond donors (Lipinski definition) is 1. The monoisotopic (exact) mass is 258 g/mol. The van der Waals surface area contributed by atoms with Gasteiger partial charge in [0.05, 0.1) is 0 Å². The van der Waals surface area contributed by atoms with Gasteiger partial charge in [-0.1, -0.05) is 24.3 Å². The molecule has 2 nitrogen and oxygen atoms in total. The number of benzene rings is 1. The van der Waals surface area contributed by atoms with Gasteiger partial charge in [-0.3, -0.25) is 4.90 Å². The highest BCUT2D eigenvalue weighted by atomic mass is 15.1. The van der Waals surface area contributed by atoms with Gasteiger partial charge in [-0.2, -0.15) is 0 Å². The molecule has 0 bridgehead atoms. The fourth-order valence-electron chi connectivity index (χ4n) is 3.72. The van der Waals surface area contributed by atoms with Crippen molar-refractivity contribution in [3.05, 3.63) is 35.4 Å². The molecule has 1 aromatic rings. The van der Waals surface area contributed by atoms with Gasteiger partial charge >= 0.3 is 0 Å². The second-order valence-electron chi connectivity index (χ2n) is 6.38. The number of rotatable bonds is 3. The summed E-state index contributed by atoms with van der Waals surface area (Å²) in [5.41, 5.74) is 8.88. The third kappa shape index (κ3) is 3.18. The van der Waals surface area contributed by atoms with Crippen molar-refractivity contribution in [2.75, 3.05) is 19.6 Å². The van der Waals surface area contributed by atoms with Gasteiger partial charge in [0.25, 0.3) is 0 Å². The van der Waals surface area contributed by atoms with Crippen molar-refractivity contribution < 1.29 is 0 Å². The van der Waals surface area contributed by atoms with Crippen LogP contribution < -0.4 is 5.73 Å². The molecule has 1 aliphatic heterocycles. The van der Waals surface area contributed by atoms with E-state index in [0.29, 0.717) is 0 Å². The number of nitrogens with two attached hydrogens (primary N) is 1. The van der Waals surface area contributed by atoms with Crippen molar-refractivity contribution in [3.63, 3.8) is 0 Å². The topological polar surface area (TPSA) is 29.3 Å². The maximum atomic E-state index is 5.78. The van der Waals surface area contributed by atoms with Crippen molar-refractivity contribution in [2.24, 2.45) is 17.6 Å². The van der Waals surface area contributed by atoms with Crippen LogP contribution in [0.3, 0.4) is 0 Å². The van der Waals surface area contributed by atoms with Gasteiger partial charge in [0.1, 0.15) is 0 Å². The molecule has 1 fully saturated rings. The minimum atomic E-state index is 0.804. The van der Waals surface area contributed by atoms with E-state index in [2.05, 4.69) is 29.2 Å². The van der Waals surface area contributed by atoms with Gasteiger partial charge in [0.2, 0.25) is 0 Å². The maximum Gasteiger partial charge on any atom is 0.0236 e. The van der Waals surface area contributed by atoms with Gasteiger partial charge in [0.15, 0.2) is 0 Å². The van der Waals surface area contributed by atoms with Crippen molar-refractivity contribution in [3.8, 4) is 0 Å². The smallest absolute Gasteiger partial charge is 0.0236 e. The van der Waals surface area contributed by atoms with Crippen LogP contribution in [0.25, 0.3) is 0 Å². The Hall–Kier alpha value is -0.860. The molecule has 2 aliphatic rings. The summed E-state index contributed by atoms with van der Waals surface area (Å²) in [6.45, 7) is 4.59. The standard InChI is InChI=1S/C17H26N2/c18-11-14-5-7-15(8-6-14)12-19-10-9-16-3-1-2-4-17(16)13-19/h1-4,14-15H,5-13,18H2.